The van der Waals surface area contributed by atoms with Crippen LogP contribution in [0.15, 0.2) is 28.2 Å². The second-order valence-corrected chi connectivity index (χ2v) is 4.96. The molecule has 0 saturated carbocycles. The Morgan fingerprint density at radius 2 is 2.42 bits per heavy atom. The number of rotatable bonds is 6. The number of hydrogen-bond donors (Lipinski definition) is 0. The topological polar surface area (TPSA) is 55.6 Å². The Morgan fingerprint density at radius 3 is 3.11 bits per heavy atom. The summed E-state index contributed by atoms with van der Waals surface area (Å²) >= 11 is 1.53. The SMILES string of the molecule is CCOC(=O)CN(C)Cc1csc(-c2ccco2)n1. The summed E-state index contributed by atoms with van der Waals surface area (Å²) in [5, 5.41) is 2.82. The van der Waals surface area contributed by atoms with Crippen LogP contribution in [0.4, 0.5) is 0 Å². The summed E-state index contributed by atoms with van der Waals surface area (Å²) < 4.78 is 10.2. The van der Waals surface area contributed by atoms with Crippen LogP contribution in [0.2, 0.25) is 0 Å². The van der Waals surface area contributed by atoms with Crippen LogP contribution in [0.5, 0.6) is 0 Å². The minimum Gasteiger partial charge on any atom is -0.465 e. The monoisotopic (exact) mass is 280 g/mol. The molecule has 0 N–H and O–H groups in total. The third-order valence-corrected chi connectivity index (χ3v) is 3.33. The van der Waals surface area contributed by atoms with Gasteiger partial charge in [0.1, 0.15) is 0 Å². The summed E-state index contributed by atoms with van der Waals surface area (Å²) in [6.45, 7) is 3.08. The molecule has 0 amide bonds. The van der Waals surface area contributed by atoms with Crippen LogP contribution in [0.25, 0.3) is 10.8 Å². The van der Waals surface area contributed by atoms with Crippen LogP contribution in [0, 0.1) is 0 Å². The molecule has 102 valence electrons. The quantitative estimate of drug-likeness (QED) is 0.760. The summed E-state index contributed by atoms with van der Waals surface area (Å²) in [6, 6.07) is 3.72. The van der Waals surface area contributed by atoms with Gasteiger partial charge in [-0.2, -0.15) is 0 Å². The van der Waals surface area contributed by atoms with Gasteiger partial charge in [0.25, 0.3) is 0 Å². The number of carbonyl (C=O) groups excluding carboxylic acids is 1. The lowest BCUT2D eigenvalue weighted by molar-refractivity contribution is -0.144. The molecule has 0 atom stereocenters. The van der Waals surface area contributed by atoms with E-state index in [0.717, 1.165) is 16.5 Å². The molecule has 2 heterocycles. The van der Waals surface area contributed by atoms with Crippen molar-refractivity contribution in [2.24, 2.45) is 0 Å². The van der Waals surface area contributed by atoms with E-state index in [-0.39, 0.29) is 12.5 Å². The highest BCUT2D eigenvalue weighted by molar-refractivity contribution is 7.13. The zero-order chi connectivity index (χ0) is 13.7. The van der Waals surface area contributed by atoms with Crippen molar-refractivity contribution in [2.45, 2.75) is 13.5 Å². The van der Waals surface area contributed by atoms with E-state index in [9.17, 15) is 4.79 Å². The van der Waals surface area contributed by atoms with Gasteiger partial charge in [-0.25, -0.2) is 4.98 Å². The zero-order valence-electron chi connectivity index (χ0n) is 11.0. The predicted molar refractivity (Wildman–Crippen MR) is 72.8 cm³/mol. The number of nitrogens with zero attached hydrogens (tertiary/aromatic N) is 2. The van der Waals surface area contributed by atoms with Gasteiger partial charge in [-0.3, -0.25) is 9.69 Å². The van der Waals surface area contributed by atoms with Crippen molar-refractivity contribution in [1.82, 2.24) is 9.88 Å². The van der Waals surface area contributed by atoms with E-state index >= 15 is 0 Å². The summed E-state index contributed by atoms with van der Waals surface area (Å²) in [5.74, 6) is 0.552. The van der Waals surface area contributed by atoms with Crippen molar-refractivity contribution in [3.8, 4) is 10.8 Å². The minimum absolute atomic E-state index is 0.216. The highest BCUT2D eigenvalue weighted by Crippen LogP contribution is 2.24. The number of thiazole rings is 1. The Balaban J connectivity index is 1.91. The van der Waals surface area contributed by atoms with Gasteiger partial charge in [0.15, 0.2) is 10.8 Å². The van der Waals surface area contributed by atoms with Crippen molar-refractivity contribution in [3.63, 3.8) is 0 Å². The molecule has 2 aromatic heterocycles. The number of aromatic nitrogens is 1. The Kier molecular flexibility index (Phi) is 4.70. The third-order valence-electron chi connectivity index (χ3n) is 2.42. The van der Waals surface area contributed by atoms with Gasteiger partial charge in [-0.1, -0.05) is 0 Å². The van der Waals surface area contributed by atoms with Gasteiger partial charge in [-0.05, 0) is 26.1 Å². The molecule has 0 fully saturated rings. The molecule has 0 aliphatic heterocycles. The number of hydrogen-bond acceptors (Lipinski definition) is 6. The van der Waals surface area contributed by atoms with E-state index in [1.165, 1.54) is 11.3 Å². The Morgan fingerprint density at radius 1 is 1.58 bits per heavy atom. The molecule has 19 heavy (non-hydrogen) atoms. The first-order valence-electron chi connectivity index (χ1n) is 6.01. The predicted octanol–water partition coefficient (Wildman–Crippen LogP) is 2.40. The molecule has 2 rings (SSSR count). The van der Waals surface area contributed by atoms with Gasteiger partial charge < -0.3 is 9.15 Å². The number of ether oxygens (including phenoxy) is 1. The number of esters is 1. The maximum absolute atomic E-state index is 11.3. The van der Waals surface area contributed by atoms with Crippen molar-refractivity contribution in [2.75, 3.05) is 20.2 Å². The Bertz CT molecular complexity index is 522. The lowest BCUT2D eigenvalue weighted by atomic mass is 10.4. The average molecular weight is 280 g/mol. The summed E-state index contributed by atoms with van der Waals surface area (Å²) in [5.41, 5.74) is 0.920. The van der Waals surface area contributed by atoms with Crippen molar-refractivity contribution in [3.05, 3.63) is 29.5 Å². The molecule has 0 saturated heterocycles. The smallest absolute Gasteiger partial charge is 0.320 e. The van der Waals surface area contributed by atoms with E-state index in [0.29, 0.717) is 13.2 Å². The lowest BCUT2D eigenvalue weighted by Crippen LogP contribution is -2.27. The second-order valence-electron chi connectivity index (χ2n) is 4.10. The van der Waals surface area contributed by atoms with Gasteiger partial charge in [0.2, 0.25) is 0 Å². The molecule has 0 spiro atoms. The maximum Gasteiger partial charge on any atom is 0.320 e. The first-order chi connectivity index (χ1) is 9.19. The lowest BCUT2D eigenvalue weighted by Gasteiger charge is -2.13. The summed E-state index contributed by atoms with van der Waals surface area (Å²) in [6.07, 6.45) is 1.63. The fourth-order valence-corrected chi connectivity index (χ4v) is 2.43. The van der Waals surface area contributed by atoms with Crippen LogP contribution in [-0.4, -0.2) is 36.1 Å². The largest absolute Gasteiger partial charge is 0.465 e. The number of furan rings is 1. The van der Waals surface area contributed by atoms with Crippen LogP contribution in [0.3, 0.4) is 0 Å². The second kappa shape index (κ2) is 6.49. The maximum atomic E-state index is 11.3. The van der Waals surface area contributed by atoms with Gasteiger partial charge in [-0.15, -0.1) is 11.3 Å². The van der Waals surface area contributed by atoms with Crippen molar-refractivity contribution >= 4 is 17.3 Å². The average Bonchev–Trinajstić information content (AvgIpc) is 2.98. The van der Waals surface area contributed by atoms with Crippen LogP contribution >= 0.6 is 11.3 Å². The standard InChI is InChI=1S/C13H16N2O3S/c1-3-17-12(16)8-15(2)7-10-9-19-13(14-10)11-5-4-6-18-11/h4-6,9H,3,7-8H2,1-2H3. The molecule has 2 aromatic rings. The van der Waals surface area contributed by atoms with Crippen molar-refractivity contribution in [1.29, 1.82) is 0 Å². The van der Waals surface area contributed by atoms with Crippen LogP contribution < -0.4 is 0 Å². The molecule has 0 aliphatic carbocycles. The molecular formula is C13H16N2O3S. The molecular weight excluding hydrogens is 264 g/mol. The molecule has 0 radical (unpaired) electrons. The number of likely N-dealkylation sites (N-methyl/N-ethyl adjacent to an activating group) is 1. The fraction of sp³-hybridized carbons (Fsp3) is 0.385. The highest BCUT2D eigenvalue weighted by atomic mass is 32.1. The third kappa shape index (κ3) is 3.90. The van der Waals surface area contributed by atoms with Gasteiger partial charge in [0.05, 0.1) is 25.1 Å². The molecule has 6 heteroatoms. The number of carbonyl (C=O) groups is 1. The molecule has 0 aromatic carbocycles. The molecule has 5 nitrogen and oxygen atoms in total. The summed E-state index contributed by atoms with van der Waals surface area (Å²) in [4.78, 5) is 17.7. The van der Waals surface area contributed by atoms with Gasteiger partial charge >= 0.3 is 5.97 Å². The zero-order valence-corrected chi connectivity index (χ0v) is 11.8. The fourth-order valence-electron chi connectivity index (χ4n) is 1.65. The molecule has 0 bridgehead atoms. The van der Waals surface area contributed by atoms with Crippen LogP contribution in [0.1, 0.15) is 12.6 Å². The Hall–Kier alpha value is -1.66. The summed E-state index contributed by atoms with van der Waals surface area (Å²) in [7, 11) is 1.86. The molecule has 0 unspecified atom stereocenters. The normalized spacial score (nSPS) is 10.9. The highest BCUT2D eigenvalue weighted by Gasteiger charge is 2.11. The van der Waals surface area contributed by atoms with E-state index in [1.807, 2.05) is 29.5 Å². The van der Waals surface area contributed by atoms with E-state index in [1.54, 1.807) is 13.2 Å². The van der Waals surface area contributed by atoms with E-state index in [2.05, 4.69) is 4.98 Å². The minimum atomic E-state index is -0.216. The first kappa shape index (κ1) is 13.8. The van der Waals surface area contributed by atoms with Gasteiger partial charge in [0, 0.05) is 11.9 Å². The Labute approximate surface area is 115 Å². The first-order valence-corrected chi connectivity index (χ1v) is 6.89. The van der Waals surface area contributed by atoms with E-state index < -0.39 is 0 Å². The van der Waals surface area contributed by atoms with E-state index in [4.69, 9.17) is 9.15 Å². The van der Waals surface area contributed by atoms with Crippen molar-refractivity contribution < 1.29 is 13.9 Å². The molecule has 0 aliphatic rings. The van der Waals surface area contributed by atoms with Crippen LogP contribution in [-0.2, 0) is 16.1 Å².